The lowest BCUT2D eigenvalue weighted by molar-refractivity contribution is -0.385. The van der Waals surface area contributed by atoms with E-state index in [0.29, 0.717) is 16.6 Å². The summed E-state index contributed by atoms with van der Waals surface area (Å²) >= 11 is 0. The van der Waals surface area contributed by atoms with Crippen molar-refractivity contribution in [2.75, 3.05) is 5.32 Å². The van der Waals surface area contributed by atoms with Crippen molar-refractivity contribution in [1.29, 1.82) is 0 Å². The van der Waals surface area contributed by atoms with Crippen LogP contribution >= 0.6 is 0 Å². The van der Waals surface area contributed by atoms with E-state index in [1.807, 2.05) is 55.5 Å². The summed E-state index contributed by atoms with van der Waals surface area (Å²) in [6.45, 7) is 1.91. The Morgan fingerprint density at radius 1 is 0.897 bits per heavy atom. The number of nitrogens with one attached hydrogen (secondary N) is 1. The van der Waals surface area contributed by atoms with Gasteiger partial charge >= 0.3 is 11.2 Å². The van der Waals surface area contributed by atoms with Gasteiger partial charge in [-0.1, -0.05) is 66.7 Å². The molecule has 1 heterocycles. The number of nitro groups is 1. The Kier molecular flexibility index (Phi) is 4.83. The molecule has 6 heteroatoms. The number of hydrogen-bond acceptors (Lipinski definition) is 4. The minimum atomic E-state index is -0.664. The van der Waals surface area contributed by atoms with E-state index in [-0.39, 0.29) is 11.7 Å². The summed E-state index contributed by atoms with van der Waals surface area (Å²) < 4.78 is 1.39. The lowest BCUT2D eigenvalue weighted by Gasteiger charge is -2.19. The average molecular weight is 385 g/mol. The molecule has 1 N–H and O–H groups in total. The van der Waals surface area contributed by atoms with Gasteiger partial charge in [0.25, 0.3) is 0 Å². The Labute approximate surface area is 167 Å². The average Bonchev–Trinajstić information content (AvgIpc) is 2.75. The van der Waals surface area contributed by atoms with E-state index in [9.17, 15) is 14.9 Å². The zero-order valence-electron chi connectivity index (χ0n) is 15.8. The predicted octanol–water partition coefficient (Wildman–Crippen LogP) is 5.07. The van der Waals surface area contributed by atoms with E-state index in [1.165, 1.54) is 4.57 Å². The molecule has 0 bridgehead atoms. The molecular weight excluding hydrogens is 366 g/mol. The molecular formula is C23H19N3O3. The van der Waals surface area contributed by atoms with Gasteiger partial charge in [0.2, 0.25) is 0 Å². The number of fused-ring (bicyclic) bond motifs is 1. The van der Waals surface area contributed by atoms with Crippen molar-refractivity contribution in [3.63, 3.8) is 0 Å². The summed E-state index contributed by atoms with van der Waals surface area (Å²) in [5, 5.41) is 15.8. The van der Waals surface area contributed by atoms with Gasteiger partial charge in [-0.15, -0.1) is 0 Å². The normalized spacial score (nSPS) is 11.9. The maximum absolute atomic E-state index is 13.2. The van der Waals surface area contributed by atoms with E-state index in [0.717, 1.165) is 5.56 Å². The fourth-order valence-electron chi connectivity index (χ4n) is 3.52. The molecule has 0 saturated heterocycles. The third-order valence-corrected chi connectivity index (χ3v) is 4.91. The number of nitrogens with zero attached hydrogens (tertiary/aromatic N) is 2. The highest BCUT2D eigenvalue weighted by Crippen LogP contribution is 2.34. The van der Waals surface area contributed by atoms with Crippen molar-refractivity contribution in [3.05, 3.63) is 111 Å². The second kappa shape index (κ2) is 7.59. The van der Waals surface area contributed by atoms with E-state index in [2.05, 4.69) is 5.32 Å². The van der Waals surface area contributed by atoms with E-state index >= 15 is 0 Å². The van der Waals surface area contributed by atoms with Crippen LogP contribution in [-0.4, -0.2) is 9.49 Å². The number of aromatic nitrogens is 1. The van der Waals surface area contributed by atoms with Crippen molar-refractivity contribution in [2.45, 2.75) is 13.0 Å². The van der Waals surface area contributed by atoms with Gasteiger partial charge in [0.15, 0.2) is 0 Å². The number of hydrogen-bond donors (Lipinski definition) is 1. The van der Waals surface area contributed by atoms with Gasteiger partial charge in [-0.05, 0) is 30.7 Å². The van der Waals surface area contributed by atoms with E-state index in [4.69, 9.17) is 0 Å². The lowest BCUT2D eigenvalue weighted by Crippen LogP contribution is -2.24. The molecule has 0 saturated carbocycles. The molecule has 0 aliphatic carbocycles. The van der Waals surface area contributed by atoms with Gasteiger partial charge < -0.3 is 5.32 Å². The molecule has 0 fully saturated rings. The van der Waals surface area contributed by atoms with Crippen LogP contribution in [-0.2, 0) is 0 Å². The molecule has 1 unspecified atom stereocenters. The van der Waals surface area contributed by atoms with Crippen molar-refractivity contribution in [1.82, 2.24) is 4.57 Å². The van der Waals surface area contributed by atoms with Gasteiger partial charge in [0.1, 0.15) is 5.69 Å². The molecule has 0 amide bonds. The number of pyridine rings is 1. The van der Waals surface area contributed by atoms with Gasteiger partial charge in [0.05, 0.1) is 10.4 Å². The van der Waals surface area contributed by atoms with Crippen LogP contribution < -0.4 is 10.9 Å². The summed E-state index contributed by atoms with van der Waals surface area (Å²) in [7, 11) is 0. The Morgan fingerprint density at radius 2 is 1.48 bits per heavy atom. The first kappa shape index (κ1) is 18.4. The zero-order valence-corrected chi connectivity index (χ0v) is 15.8. The van der Waals surface area contributed by atoms with Gasteiger partial charge in [-0.3, -0.25) is 19.5 Å². The van der Waals surface area contributed by atoms with Crippen LogP contribution in [0.5, 0.6) is 0 Å². The summed E-state index contributed by atoms with van der Waals surface area (Å²) in [4.78, 5) is 24.6. The number of anilines is 1. The second-order valence-corrected chi connectivity index (χ2v) is 6.75. The molecule has 6 nitrogen and oxygen atoms in total. The van der Waals surface area contributed by atoms with Crippen molar-refractivity contribution < 1.29 is 4.92 Å². The van der Waals surface area contributed by atoms with Crippen LogP contribution in [0.1, 0.15) is 18.5 Å². The van der Waals surface area contributed by atoms with Gasteiger partial charge in [-0.2, -0.15) is 0 Å². The lowest BCUT2D eigenvalue weighted by atomic mass is 10.1. The maximum atomic E-state index is 13.2. The van der Waals surface area contributed by atoms with Crippen LogP contribution in [0.2, 0.25) is 0 Å². The highest BCUT2D eigenvalue weighted by molar-refractivity contribution is 5.97. The minimum absolute atomic E-state index is 0.217. The number of para-hydroxylation sites is 2. The fraction of sp³-hybridized carbons (Fsp3) is 0.0870. The molecule has 4 aromatic rings. The Bertz CT molecular complexity index is 1230. The fourth-order valence-corrected chi connectivity index (χ4v) is 3.52. The first-order chi connectivity index (χ1) is 14.1. The predicted molar refractivity (Wildman–Crippen MR) is 115 cm³/mol. The van der Waals surface area contributed by atoms with Gasteiger partial charge in [0, 0.05) is 17.1 Å². The van der Waals surface area contributed by atoms with Crippen LogP contribution in [0.3, 0.4) is 0 Å². The first-order valence-corrected chi connectivity index (χ1v) is 9.27. The smallest absolute Gasteiger partial charge is 0.357 e. The van der Waals surface area contributed by atoms with Gasteiger partial charge in [-0.25, -0.2) is 0 Å². The molecule has 4 rings (SSSR count). The first-order valence-electron chi connectivity index (χ1n) is 9.27. The third-order valence-electron chi connectivity index (χ3n) is 4.91. The largest absolute Gasteiger partial charge is 0.372 e. The quantitative estimate of drug-likeness (QED) is 0.384. The van der Waals surface area contributed by atoms with Crippen molar-refractivity contribution in [2.24, 2.45) is 0 Å². The molecule has 144 valence electrons. The van der Waals surface area contributed by atoms with Crippen LogP contribution in [0.25, 0.3) is 16.6 Å². The highest BCUT2D eigenvalue weighted by Gasteiger charge is 2.27. The zero-order chi connectivity index (χ0) is 20.4. The third kappa shape index (κ3) is 3.36. The topological polar surface area (TPSA) is 77.2 Å². The monoisotopic (exact) mass is 385 g/mol. The summed E-state index contributed by atoms with van der Waals surface area (Å²) in [6, 6.07) is 25.6. The standard InChI is InChI=1S/C23H19N3O3/c1-16(17-10-4-2-5-11-17)24-21-19-14-8-9-15-20(19)25(18-12-6-3-7-13-18)23(27)22(21)26(28)29/h2-16,24H,1H3. The van der Waals surface area contributed by atoms with E-state index in [1.54, 1.807) is 36.4 Å². The molecule has 1 atom stereocenters. The molecule has 0 radical (unpaired) electrons. The summed E-state index contributed by atoms with van der Waals surface area (Å²) in [5.41, 5.74) is 1.27. The van der Waals surface area contributed by atoms with Crippen LogP contribution in [0.4, 0.5) is 11.4 Å². The number of rotatable bonds is 5. The van der Waals surface area contributed by atoms with Crippen LogP contribution in [0.15, 0.2) is 89.7 Å². The minimum Gasteiger partial charge on any atom is -0.372 e. The molecule has 0 aliphatic rings. The maximum Gasteiger partial charge on any atom is 0.357 e. The second-order valence-electron chi connectivity index (χ2n) is 6.75. The Balaban J connectivity index is 1.99. The van der Waals surface area contributed by atoms with Crippen LogP contribution in [0, 0.1) is 10.1 Å². The Morgan fingerprint density at radius 3 is 2.14 bits per heavy atom. The molecule has 0 spiro atoms. The molecule has 3 aromatic carbocycles. The summed E-state index contributed by atoms with van der Waals surface area (Å²) in [5.74, 6) is 0. The van der Waals surface area contributed by atoms with Crippen molar-refractivity contribution in [3.8, 4) is 5.69 Å². The van der Waals surface area contributed by atoms with E-state index < -0.39 is 16.2 Å². The highest BCUT2D eigenvalue weighted by atomic mass is 16.6. The molecule has 0 aliphatic heterocycles. The molecule has 1 aromatic heterocycles. The van der Waals surface area contributed by atoms with Crippen molar-refractivity contribution >= 4 is 22.3 Å². The SMILES string of the molecule is CC(Nc1c([N+](=O)[O-])c(=O)n(-c2ccccc2)c2ccccc12)c1ccccc1. The number of benzene rings is 3. The summed E-state index contributed by atoms with van der Waals surface area (Å²) in [6.07, 6.45) is 0. The Hall–Kier alpha value is -3.93. The molecule has 29 heavy (non-hydrogen) atoms.